The van der Waals surface area contributed by atoms with Crippen LogP contribution < -0.4 is 0 Å². The summed E-state index contributed by atoms with van der Waals surface area (Å²) in [6.45, 7) is 6.87. The van der Waals surface area contributed by atoms with Crippen molar-refractivity contribution in [3.8, 4) is 0 Å². The number of carbonyl (C=O) groups is 1. The SMILES string of the molecule is CC(C)CCCC(C)CC1=CC(=O)CC1. The number of hydrogen-bond acceptors (Lipinski definition) is 1. The molecule has 0 aromatic heterocycles. The topological polar surface area (TPSA) is 17.1 Å². The first-order valence-electron chi connectivity index (χ1n) is 6.30. The largest absolute Gasteiger partial charge is 0.295 e. The van der Waals surface area contributed by atoms with Gasteiger partial charge in [-0.1, -0.05) is 45.6 Å². The van der Waals surface area contributed by atoms with Gasteiger partial charge in [0.1, 0.15) is 0 Å². The summed E-state index contributed by atoms with van der Waals surface area (Å²) in [4.78, 5) is 11.1. The molecule has 1 aliphatic rings. The summed E-state index contributed by atoms with van der Waals surface area (Å²) < 4.78 is 0. The molecule has 0 aliphatic heterocycles. The fourth-order valence-electron chi connectivity index (χ4n) is 2.24. The highest BCUT2D eigenvalue weighted by atomic mass is 16.1. The van der Waals surface area contributed by atoms with Gasteiger partial charge in [-0.2, -0.15) is 0 Å². The normalized spacial score (nSPS) is 18.4. The minimum atomic E-state index is 0.333. The van der Waals surface area contributed by atoms with Gasteiger partial charge in [0.25, 0.3) is 0 Å². The van der Waals surface area contributed by atoms with E-state index in [9.17, 15) is 4.79 Å². The molecule has 1 nitrogen and oxygen atoms in total. The number of hydrogen-bond donors (Lipinski definition) is 0. The molecule has 1 atom stereocenters. The van der Waals surface area contributed by atoms with E-state index in [-0.39, 0.29) is 0 Å². The van der Waals surface area contributed by atoms with Gasteiger partial charge in [0, 0.05) is 6.42 Å². The lowest BCUT2D eigenvalue weighted by Gasteiger charge is -2.12. The van der Waals surface area contributed by atoms with Crippen LogP contribution in [0.15, 0.2) is 11.6 Å². The molecule has 0 aromatic rings. The fraction of sp³-hybridized carbons (Fsp3) is 0.786. The second kappa shape index (κ2) is 6.09. The summed E-state index contributed by atoms with van der Waals surface area (Å²) in [7, 11) is 0. The number of allylic oxidation sites excluding steroid dienone is 2. The van der Waals surface area contributed by atoms with E-state index in [1.54, 1.807) is 0 Å². The molecule has 1 rings (SSSR count). The van der Waals surface area contributed by atoms with E-state index in [0.29, 0.717) is 5.78 Å². The van der Waals surface area contributed by atoms with Gasteiger partial charge in [0.15, 0.2) is 5.78 Å². The van der Waals surface area contributed by atoms with E-state index in [1.165, 1.54) is 24.8 Å². The maximum Gasteiger partial charge on any atom is 0.155 e. The Labute approximate surface area is 93.9 Å². The minimum absolute atomic E-state index is 0.333. The van der Waals surface area contributed by atoms with E-state index in [4.69, 9.17) is 0 Å². The predicted octanol–water partition coefficient (Wildman–Crippen LogP) is 4.13. The van der Waals surface area contributed by atoms with E-state index < -0.39 is 0 Å². The van der Waals surface area contributed by atoms with Crippen molar-refractivity contribution in [2.75, 3.05) is 0 Å². The zero-order chi connectivity index (χ0) is 11.3. The molecule has 0 aromatic carbocycles. The van der Waals surface area contributed by atoms with Crippen LogP contribution in [-0.4, -0.2) is 5.78 Å². The molecule has 0 fully saturated rings. The Bertz CT molecular complexity index is 238. The summed E-state index contributed by atoms with van der Waals surface area (Å²) in [5.74, 6) is 1.91. The lowest BCUT2D eigenvalue weighted by Crippen LogP contribution is -1.97. The fourth-order valence-corrected chi connectivity index (χ4v) is 2.24. The molecule has 0 saturated carbocycles. The monoisotopic (exact) mass is 208 g/mol. The molecular weight excluding hydrogens is 184 g/mol. The molecule has 0 saturated heterocycles. The molecule has 0 N–H and O–H groups in total. The molecular formula is C14H24O. The predicted molar refractivity (Wildman–Crippen MR) is 64.8 cm³/mol. The van der Waals surface area contributed by atoms with Crippen molar-refractivity contribution in [3.05, 3.63) is 11.6 Å². The molecule has 1 aliphatic carbocycles. The van der Waals surface area contributed by atoms with Crippen LogP contribution in [0.1, 0.15) is 59.3 Å². The van der Waals surface area contributed by atoms with Crippen LogP contribution in [0.4, 0.5) is 0 Å². The third-order valence-electron chi connectivity index (χ3n) is 3.15. The summed E-state index contributed by atoms with van der Waals surface area (Å²) in [5.41, 5.74) is 1.39. The molecule has 0 amide bonds. The van der Waals surface area contributed by atoms with Crippen molar-refractivity contribution in [1.29, 1.82) is 0 Å². The maximum atomic E-state index is 11.1. The van der Waals surface area contributed by atoms with Crippen LogP contribution in [0, 0.1) is 11.8 Å². The van der Waals surface area contributed by atoms with E-state index in [1.807, 2.05) is 6.08 Å². The molecule has 0 spiro atoms. The molecule has 1 heteroatoms. The van der Waals surface area contributed by atoms with Crippen LogP contribution in [-0.2, 0) is 4.79 Å². The first kappa shape index (κ1) is 12.5. The van der Waals surface area contributed by atoms with E-state index in [0.717, 1.165) is 31.1 Å². The van der Waals surface area contributed by atoms with Crippen molar-refractivity contribution >= 4 is 5.78 Å². The number of ketones is 1. The van der Waals surface area contributed by atoms with E-state index >= 15 is 0 Å². The molecule has 1 unspecified atom stereocenters. The van der Waals surface area contributed by atoms with Gasteiger partial charge in [-0.3, -0.25) is 4.79 Å². The van der Waals surface area contributed by atoms with Crippen LogP contribution >= 0.6 is 0 Å². The average molecular weight is 208 g/mol. The van der Waals surface area contributed by atoms with Crippen molar-refractivity contribution in [3.63, 3.8) is 0 Å². The average Bonchev–Trinajstić information content (AvgIpc) is 2.50. The van der Waals surface area contributed by atoms with Crippen molar-refractivity contribution < 1.29 is 4.79 Å². The Morgan fingerprint density at radius 1 is 1.20 bits per heavy atom. The number of carbonyl (C=O) groups excluding carboxylic acids is 1. The lowest BCUT2D eigenvalue weighted by molar-refractivity contribution is -0.114. The highest BCUT2D eigenvalue weighted by Gasteiger charge is 2.14. The maximum absolute atomic E-state index is 11.1. The van der Waals surface area contributed by atoms with Crippen LogP contribution in [0.5, 0.6) is 0 Å². The smallest absolute Gasteiger partial charge is 0.155 e. The molecule has 0 radical (unpaired) electrons. The van der Waals surface area contributed by atoms with Gasteiger partial charge < -0.3 is 0 Å². The van der Waals surface area contributed by atoms with Crippen molar-refractivity contribution in [1.82, 2.24) is 0 Å². The van der Waals surface area contributed by atoms with Gasteiger partial charge in [0.2, 0.25) is 0 Å². The lowest BCUT2D eigenvalue weighted by atomic mass is 9.94. The second-order valence-electron chi connectivity index (χ2n) is 5.40. The Morgan fingerprint density at radius 2 is 1.93 bits per heavy atom. The zero-order valence-corrected chi connectivity index (χ0v) is 10.4. The molecule has 86 valence electrons. The Hall–Kier alpha value is -0.590. The van der Waals surface area contributed by atoms with Gasteiger partial charge in [-0.05, 0) is 30.8 Å². The second-order valence-corrected chi connectivity index (χ2v) is 5.40. The van der Waals surface area contributed by atoms with Crippen LogP contribution in [0.3, 0.4) is 0 Å². The Morgan fingerprint density at radius 3 is 2.47 bits per heavy atom. The molecule has 15 heavy (non-hydrogen) atoms. The third-order valence-corrected chi connectivity index (χ3v) is 3.15. The minimum Gasteiger partial charge on any atom is -0.295 e. The molecule has 0 bridgehead atoms. The van der Waals surface area contributed by atoms with Gasteiger partial charge in [0.05, 0.1) is 0 Å². The van der Waals surface area contributed by atoms with Crippen LogP contribution in [0.25, 0.3) is 0 Å². The summed E-state index contributed by atoms with van der Waals surface area (Å²) in [5, 5.41) is 0. The van der Waals surface area contributed by atoms with Crippen LogP contribution in [0.2, 0.25) is 0 Å². The Balaban J connectivity index is 2.16. The van der Waals surface area contributed by atoms with Crippen molar-refractivity contribution in [2.45, 2.75) is 59.3 Å². The van der Waals surface area contributed by atoms with E-state index in [2.05, 4.69) is 20.8 Å². The van der Waals surface area contributed by atoms with Crippen molar-refractivity contribution in [2.24, 2.45) is 11.8 Å². The highest BCUT2D eigenvalue weighted by molar-refractivity contribution is 5.92. The molecule has 0 heterocycles. The van der Waals surface area contributed by atoms with Gasteiger partial charge >= 0.3 is 0 Å². The van der Waals surface area contributed by atoms with Gasteiger partial charge in [-0.15, -0.1) is 0 Å². The third kappa shape index (κ3) is 5.15. The zero-order valence-electron chi connectivity index (χ0n) is 10.4. The quantitative estimate of drug-likeness (QED) is 0.641. The first-order valence-corrected chi connectivity index (χ1v) is 6.30. The summed E-state index contributed by atoms with van der Waals surface area (Å²) >= 11 is 0. The Kier molecular flexibility index (Phi) is 5.07. The highest BCUT2D eigenvalue weighted by Crippen LogP contribution is 2.25. The summed E-state index contributed by atoms with van der Waals surface area (Å²) in [6.07, 6.45) is 8.77. The standard InChI is InChI=1S/C14H24O/c1-11(2)5-4-6-12(3)9-13-7-8-14(15)10-13/h10-12H,4-9H2,1-3H3. The summed E-state index contributed by atoms with van der Waals surface area (Å²) in [6, 6.07) is 0. The number of rotatable bonds is 6. The van der Waals surface area contributed by atoms with Gasteiger partial charge in [-0.25, -0.2) is 0 Å². The first-order chi connectivity index (χ1) is 7.08.